The van der Waals surface area contributed by atoms with Gasteiger partial charge in [-0.1, -0.05) is 48.7 Å². The molecule has 0 fully saturated rings. The van der Waals surface area contributed by atoms with Crippen LogP contribution in [0.4, 0.5) is 10.2 Å². The predicted octanol–water partition coefficient (Wildman–Crippen LogP) is 6.47. The minimum Gasteiger partial charge on any atom is -0.369 e. The third-order valence-electron chi connectivity index (χ3n) is 3.93. The summed E-state index contributed by atoms with van der Waals surface area (Å²) in [7, 11) is 0. The van der Waals surface area contributed by atoms with Crippen molar-refractivity contribution in [1.82, 2.24) is 9.97 Å². The van der Waals surface area contributed by atoms with Crippen molar-refractivity contribution in [2.45, 2.75) is 19.8 Å². The van der Waals surface area contributed by atoms with E-state index < -0.39 is 5.82 Å². The maximum absolute atomic E-state index is 14.5. The molecule has 0 bridgehead atoms. The van der Waals surface area contributed by atoms with Crippen molar-refractivity contribution in [3.63, 3.8) is 0 Å². The number of rotatable bonds is 6. The Morgan fingerprint density at radius 3 is 2.54 bits per heavy atom. The molecule has 3 nitrogen and oxygen atoms in total. The van der Waals surface area contributed by atoms with Crippen molar-refractivity contribution in [3.05, 3.63) is 64.5 Å². The zero-order chi connectivity index (χ0) is 18.5. The van der Waals surface area contributed by atoms with Crippen LogP contribution in [0.15, 0.2) is 48.7 Å². The SMILES string of the molecule is CCCCNc1nc(-c2ccccn2)cc(Cl)c1-c1c(F)cccc1Cl. The van der Waals surface area contributed by atoms with Crippen LogP contribution in [0.5, 0.6) is 0 Å². The predicted molar refractivity (Wildman–Crippen MR) is 106 cm³/mol. The minimum absolute atomic E-state index is 0.248. The third kappa shape index (κ3) is 3.97. The lowest BCUT2D eigenvalue weighted by molar-refractivity contribution is 0.631. The molecule has 3 aromatic rings. The minimum atomic E-state index is -0.440. The quantitative estimate of drug-likeness (QED) is 0.490. The van der Waals surface area contributed by atoms with Crippen LogP contribution in [0.3, 0.4) is 0 Å². The molecule has 0 saturated carbocycles. The number of hydrogen-bond donors (Lipinski definition) is 1. The van der Waals surface area contributed by atoms with E-state index in [1.54, 1.807) is 24.4 Å². The number of pyridine rings is 2. The molecule has 2 heterocycles. The third-order valence-corrected chi connectivity index (χ3v) is 4.55. The maximum Gasteiger partial charge on any atom is 0.136 e. The Balaban J connectivity index is 2.16. The first-order chi connectivity index (χ1) is 12.6. The van der Waals surface area contributed by atoms with E-state index in [-0.39, 0.29) is 10.6 Å². The van der Waals surface area contributed by atoms with Crippen molar-refractivity contribution in [3.8, 4) is 22.5 Å². The second-order valence-corrected chi connectivity index (χ2v) is 6.62. The molecule has 0 aliphatic carbocycles. The van der Waals surface area contributed by atoms with Gasteiger partial charge in [0.15, 0.2) is 0 Å². The number of unbranched alkanes of at least 4 members (excludes halogenated alkanes) is 1. The van der Waals surface area contributed by atoms with Gasteiger partial charge in [0.25, 0.3) is 0 Å². The molecule has 0 spiro atoms. The molecule has 0 atom stereocenters. The van der Waals surface area contributed by atoms with Crippen molar-refractivity contribution >= 4 is 29.0 Å². The Kier molecular flexibility index (Phi) is 6.07. The van der Waals surface area contributed by atoms with E-state index in [9.17, 15) is 4.39 Å². The van der Waals surface area contributed by atoms with Gasteiger partial charge >= 0.3 is 0 Å². The zero-order valence-corrected chi connectivity index (χ0v) is 15.8. The summed E-state index contributed by atoms with van der Waals surface area (Å²) in [6.45, 7) is 2.80. The first-order valence-electron chi connectivity index (χ1n) is 8.42. The molecule has 1 aromatic carbocycles. The Bertz CT molecular complexity index is 881. The molecule has 1 N–H and O–H groups in total. The lowest BCUT2D eigenvalue weighted by Crippen LogP contribution is -2.07. The summed E-state index contributed by atoms with van der Waals surface area (Å²) in [6.07, 6.45) is 3.67. The topological polar surface area (TPSA) is 37.8 Å². The molecule has 134 valence electrons. The Labute approximate surface area is 162 Å². The highest BCUT2D eigenvalue weighted by Crippen LogP contribution is 2.41. The van der Waals surface area contributed by atoms with Gasteiger partial charge in [-0.2, -0.15) is 0 Å². The van der Waals surface area contributed by atoms with Crippen LogP contribution >= 0.6 is 23.2 Å². The second kappa shape index (κ2) is 8.47. The van der Waals surface area contributed by atoms with Gasteiger partial charge in [0.1, 0.15) is 11.6 Å². The van der Waals surface area contributed by atoms with E-state index in [1.807, 2.05) is 18.2 Å². The highest BCUT2D eigenvalue weighted by molar-refractivity contribution is 6.37. The smallest absolute Gasteiger partial charge is 0.136 e. The van der Waals surface area contributed by atoms with Crippen molar-refractivity contribution in [1.29, 1.82) is 0 Å². The lowest BCUT2D eigenvalue weighted by Gasteiger charge is -2.16. The molecular formula is C20H18Cl2FN3. The highest BCUT2D eigenvalue weighted by atomic mass is 35.5. The number of benzene rings is 1. The summed E-state index contributed by atoms with van der Waals surface area (Å²) in [6, 6.07) is 11.8. The zero-order valence-electron chi connectivity index (χ0n) is 14.3. The number of nitrogens with zero attached hydrogens (tertiary/aromatic N) is 2. The van der Waals surface area contributed by atoms with Crippen LogP contribution in [0, 0.1) is 5.82 Å². The molecular weight excluding hydrogens is 372 g/mol. The molecule has 0 aliphatic heterocycles. The standard InChI is InChI=1S/C20H18Cl2FN3/c1-2-3-10-25-20-19(18-13(21)7-6-8-15(18)23)14(22)12-17(26-20)16-9-4-5-11-24-16/h4-9,11-12H,2-3,10H2,1H3,(H,25,26). The lowest BCUT2D eigenvalue weighted by atomic mass is 10.0. The average Bonchev–Trinajstić information content (AvgIpc) is 2.64. The van der Waals surface area contributed by atoms with Crippen molar-refractivity contribution < 1.29 is 4.39 Å². The van der Waals surface area contributed by atoms with Crippen LogP contribution in [0.1, 0.15) is 19.8 Å². The van der Waals surface area contributed by atoms with Crippen LogP contribution in [-0.4, -0.2) is 16.5 Å². The van der Waals surface area contributed by atoms with Gasteiger partial charge in [-0.25, -0.2) is 9.37 Å². The molecule has 0 unspecified atom stereocenters. The summed E-state index contributed by atoms with van der Waals surface area (Å²) in [5, 5.41) is 3.93. The first-order valence-corrected chi connectivity index (χ1v) is 9.17. The molecule has 0 amide bonds. The molecule has 26 heavy (non-hydrogen) atoms. The summed E-state index contributed by atoms with van der Waals surface area (Å²) < 4.78 is 14.5. The van der Waals surface area contributed by atoms with E-state index in [1.165, 1.54) is 6.07 Å². The molecule has 2 aromatic heterocycles. The van der Waals surface area contributed by atoms with E-state index in [0.29, 0.717) is 34.3 Å². The van der Waals surface area contributed by atoms with E-state index in [0.717, 1.165) is 12.8 Å². The number of nitrogens with one attached hydrogen (secondary N) is 1. The van der Waals surface area contributed by atoms with Gasteiger partial charge in [-0.15, -0.1) is 0 Å². The summed E-state index contributed by atoms with van der Waals surface area (Å²) in [5.74, 6) is 0.0592. The fourth-order valence-electron chi connectivity index (χ4n) is 2.65. The van der Waals surface area contributed by atoms with Gasteiger partial charge in [0.05, 0.1) is 21.4 Å². The first kappa shape index (κ1) is 18.6. The molecule has 0 aliphatic rings. The molecule has 6 heteroatoms. The van der Waals surface area contributed by atoms with Crippen LogP contribution in [0.25, 0.3) is 22.5 Å². The fourth-order valence-corrected chi connectivity index (χ4v) is 3.19. The number of hydrogen-bond acceptors (Lipinski definition) is 3. The van der Waals surface area contributed by atoms with Crippen LogP contribution in [0.2, 0.25) is 10.0 Å². The van der Waals surface area contributed by atoms with Gasteiger partial charge in [-0.3, -0.25) is 4.98 Å². The summed E-state index contributed by atoms with van der Waals surface area (Å²) in [4.78, 5) is 8.97. The Morgan fingerprint density at radius 1 is 1.00 bits per heavy atom. The van der Waals surface area contributed by atoms with E-state index >= 15 is 0 Å². The normalized spacial score (nSPS) is 10.8. The maximum atomic E-state index is 14.5. The second-order valence-electron chi connectivity index (χ2n) is 5.80. The van der Waals surface area contributed by atoms with Gasteiger partial charge in [0, 0.05) is 23.9 Å². The van der Waals surface area contributed by atoms with Crippen molar-refractivity contribution in [2.24, 2.45) is 0 Å². The molecule has 3 rings (SSSR count). The van der Waals surface area contributed by atoms with Gasteiger partial charge < -0.3 is 5.32 Å². The number of anilines is 1. The van der Waals surface area contributed by atoms with Gasteiger partial charge in [0.2, 0.25) is 0 Å². The average molecular weight is 390 g/mol. The van der Waals surface area contributed by atoms with Gasteiger partial charge in [-0.05, 0) is 36.8 Å². The Hall–Kier alpha value is -2.17. The Morgan fingerprint density at radius 2 is 1.85 bits per heavy atom. The molecule has 0 radical (unpaired) electrons. The molecule has 0 saturated heterocycles. The number of halogens is 3. The highest BCUT2D eigenvalue weighted by Gasteiger charge is 2.20. The van der Waals surface area contributed by atoms with E-state index in [2.05, 4.69) is 22.2 Å². The van der Waals surface area contributed by atoms with Crippen LogP contribution in [-0.2, 0) is 0 Å². The van der Waals surface area contributed by atoms with E-state index in [4.69, 9.17) is 23.2 Å². The summed E-state index contributed by atoms with van der Waals surface area (Å²) in [5.41, 5.74) is 2.02. The van der Waals surface area contributed by atoms with Crippen LogP contribution < -0.4 is 5.32 Å². The summed E-state index contributed by atoms with van der Waals surface area (Å²) >= 11 is 12.8. The fraction of sp³-hybridized carbons (Fsp3) is 0.200. The largest absolute Gasteiger partial charge is 0.369 e. The number of aromatic nitrogens is 2. The monoisotopic (exact) mass is 389 g/mol. The van der Waals surface area contributed by atoms with Crippen molar-refractivity contribution in [2.75, 3.05) is 11.9 Å².